The number of aliphatic hydroxyl groups excluding tert-OH is 2. The van der Waals surface area contributed by atoms with Crippen LogP contribution in [0.15, 0.2) is 24.6 Å². The van der Waals surface area contributed by atoms with Gasteiger partial charge in [-0.2, -0.15) is 0 Å². The van der Waals surface area contributed by atoms with Crippen LogP contribution in [-0.4, -0.2) is 34.2 Å². The van der Waals surface area contributed by atoms with Crippen LogP contribution in [0.3, 0.4) is 0 Å². The smallest absolute Gasteiger partial charge is 0.256 e. The molecule has 6 heteroatoms. The predicted octanol–water partition coefficient (Wildman–Crippen LogP) is 5.25. The molecule has 6 nitrogen and oxygen atoms in total. The first-order valence-electron chi connectivity index (χ1n) is 12.8. The average Bonchev–Trinajstić information content (AvgIpc) is 2.80. The normalized spacial score (nSPS) is 13.5. The van der Waals surface area contributed by atoms with Crippen molar-refractivity contribution in [3.63, 3.8) is 0 Å². The van der Waals surface area contributed by atoms with Gasteiger partial charge in [0.25, 0.3) is 11.8 Å². The number of hydrogen-bond acceptors (Lipinski definition) is 4. The van der Waals surface area contributed by atoms with Gasteiger partial charge in [-0.25, -0.2) is 0 Å². The standard InChI is InChI=1S/C26H48N2O4/c1-3-5-7-9-11-13-15-17-19-21-27-25(31)23(29)24(30)26(32)28-22-20-18-16-14-12-10-8-6-4-2/h19-24,29-30H,3-18H2,1-2H3,(H,27,31)(H,28,32). The van der Waals surface area contributed by atoms with Gasteiger partial charge in [0, 0.05) is 0 Å². The highest BCUT2D eigenvalue weighted by molar-refractivity contribution is 5.91. The number of unbranched alkanes of at least 4 members (excludes halogenated alkanes) is 14. The minimum absolute atomic E-state index is 0.796. The van der Waals surface area contributed by atoms with Crippen molar-refractivity contribution < 1.29 is 19.8 Å². The molecule has 0 aromatic rings. The summed E-state index contributed by atoms with van der Waals surface area (Å²) in [6.45, 7) is 4.41. The molecule has 0 aliphatic carbocycles. The summed E-state index contributed by atoms with van der Waals surface area (Å²) in [4.78, 5) is 23.8. The summed E-state index contributed by atoms with van der Waals surface area (Å²) in [5.41, 5.74) is 0. The van der Waals surface area contributed by atoms with Crippen LogP contribution in [0, 0.1) is 0 Å². The van der Waals surface area contributed by atoms with Crippen molar-refractivity contribution in [3.05, 3.63) is 24.6 Å². The molecule has 0 aromatic carbocycles. The van der Waals surface area contributed by atoms with E-state index in [1.165, 1.54) is 76.6 Å². The Morgan fingerprint density at radius 2 is 0.906 bits per heavy atom. The van der Waals surface area contributed by atoms with E-state index in [0.29, 0.717) is 0 Å². The van der Waals surface area contributed by atoms with Crippen LogP contribution in [0.4, 0.5) is 0 Å². The molecular formula is C26H48N2O4. The summed E-state index contributed by atoms with van der Waals surface area (Å²) in [6.07, 6.45) is 21.8. The Morgan fingerprint density at radius 1 is 0.594 bits per heavy atom. The molecule has 0 aliphatic rings. The lowest BCUT2D eigenvalue weighted by Crippen LogP contribution is -2.47. The summed E-state index contributed by atoms with van der Waals surface area (Å²) in [7, 11) is 0. The van der Waals surface area contributed by atoms with Crippen LogP contribution in [0.2, 0.25) is 0 Å². The lowest BCUT2D eigenvalue weighted by atomic mass is 10.1. The summed E-state index contributed by atoms with van der Waals surface area (Å²) >= 11 is 0. The molecule has 0 heterocycles. The number of amides is 2. The van der Waals surface area contributed by atoms with Crippen molar-refractivity contribution in [2.45, 2.75) is 129 Å². The Labute approximate surface area is 195 Å². The van der Waals surface area contributed by atoms with Crippen LogP contribution in [0.1, 0.15) is 117 Å². The lowest BCUT2D eigenvalue weighted by molar-refractivity contribution is -0.144. The zero-order valence-corrected chi connectivity index (χ0v) is 20.5. The van der Waals surface area contributed by atoms with E-state index in [1.807, 2.05) is 12.2 Å². The minimum Gasteiger partial charge on any atom is -0.380 e. The van der Waals surface area contributed by atoms with E-state index in [4.69, 9.17) is 0 Å². The fourth-order valence-electron chi connectivity index (χ4n) is 3.34. The molecule has 186 valence electrons. The van der Waals surface area contributed by atoms with Crippen molar-refractivity contribution in [1.29, 1.82) is 0 Å². The molecule has 32 heavy (non-hydrogen) atoms. The monoisotopic (exact) mass is 452 g/mol. The Hall–Kier alpha value is -1.66. The number of rotatable bonds is 21. The van der Waals surface area contributed by atoms with E-state index < -0.39 is 24.0 Å². The number of hydrogen-bond donors (Lipinski definition) is 4. The highest BCUT2D eigenvalue weighted by Gasteiger charge is 2.29. The molecule has 2 unspecified atom stereocenters. The van der Waals surface area contributed by atoms with Crippen molar-refractivity contribution in [3.8, 4) is 0 Å². The predicted molar refractivity (Wildman–Crippen MR) is 132 cm³/mol. The number of carbonyl (C=O) groups excluding carboxylic acids is 2. The molecule has 0 saturated carbocycles. The molecule has 2 amide bonds. The van der Waals surface area contributed by atoms with Crippen LogP contribution >= 0.6 is 0 Å². The number of nitrogens with one attached hydrogen (secondary N) is 2. The number of carbonyl (C=O) groups is 2. The molecule has 4 N–H and O–H groups in total. The molecule has 2 atom stereocenters. The Kier molecular flexibility index (Phi) is 21.4. The third-order valence-corrected chi connectivity index (χ3v) is 5.47. The van der Waals surface area contributed by atoms with Crippen molar-refractivity contribution in [2.24, 2.45) is 0 Å². The number of aliphatic hydroxyl groups is 2. The SMILES string of the molecule is CCCCCCCCCC=CNC(=O)C(O)C(O)C(=O)NC=CCCCCCCCCC. The maximum Gasteiger partial charge on any atom is 0.256 e. The van der Waals surface area contributed by atoms with Gasteiger partial charge >= 0.3 is 0 Å². The van der Waals surface area contributed by atoms with E-state index in [1.54, 1.807) is 0 Å². The third-order valence-electron chi connectivity index (χ3n) is 5.47. The highest BCUT2D eigenvalue weighted by Crippen LogP contribution is 2.09. The first-order chi connectivity index (χ1) is 15.5. The van der Waals surface area contributed by atoms with E-state index in [2.05, 4.69) is 24.5 Å². The van der Waals surface area contributed by atoms with Crippen molar-refractivity contribution in [1.82, 2.24) is 10.6 Å². The third kappa shape index (κ3) is 18.0. The molecule has 0 radical (unpaired) electrons. The van der Waals surface area contributed by atoms with Gasteiger partial charge in [-0.05, 0) is 38.1 Å². The summed E-state index contributed by atoms with van der Waals surface area (Å²) in [6, 6.07) is 0. The maximum atomic E-state index is 11.9. The Morgan fingerprint density at radius 3 is 1.25 bits per heavy atom. The molecule has 0 aliphatic heterocycles. The first kappa shape index (κ1) is 30.3. The van der Waals surface area contributed by atoms with Crippen LogP contribution in [0.25, 0.3) is 0 Å². The fraction of sp³-hybridized carbons (Fsp3) is 0.769. The highest BCUT2D eigenvalue weighted by atomic mass is 16.3. The molecule has 0 rings (SSSR count). The van der Waals surface area contributed by atoms with Gasteiger partial charge in [0.05, 0.1) is 0 Å². The van der Waals surface area contributed by atoms with Crippen LogP contribution in [-0.2, 0) is 9.59 Å². The molecule has 0 bridgehead atoms. The van der Waals surface area contributed by atoms with E-state index in [9.17, 15) is 19.8 Å². The van der Waals surface area contributed by atoms with Gasteiger partial charge in [-0.1, -0.05) is 103 Å². The number of allylic oxidation sites excluding steroid dienone is 2. The van der Waals surface area contributed by atoms with Gasteiger partial charge < -0.3 is 20.8 Å². The second kappa shape index (κ2) is 22.5. The van der Waals surface area contributed by atoms with E-state index in [0.717, 1.165) is 38.5 Å². The van der Waals surface area contributed by atoms with E-state index >= 15 is 0 Å². The van der Waals surface area contributed by atoms with Gasteiger partial charge in [-0.3, -0.25) is 9.59 Å². The Bertz CT molecular complexity index is 474. The topological polar surface area (TPSA) is 98.7 Å². The molecule has 0 aromatic heterocycles. The summed E-state index contributed by atoms with van der Waals surface area (Å²) < 4.78 is 0. The summed E-state index contributed by atoms with van der Waals surface area (Å²) in [5, 5.41) is 24.6. The van der Waals surface area contributed by atoms with Gasteiger partial charge in [-0.15, -0.1) is 0 Å². The largest absolute Gasteiger partial charge is 0.380 e. The minimum atomic E-state index is -1.81. The Balaban J connectivity index is 3.85. The zero-order chi connectivity index (χ0) is 23.9. The average molecular weight is 453 g/mol. The van der Waals surface area contributed by atoms with Crippen molar-refractivity contribution >= 4 is 11.8 Å². The van der Waals surface area contributed by atoms with Crippen LogP contribution in [0.5, 0.6) is 0 Å². The molecular weight excluding hydrogens is 404 g/mol. The lowest BCUT2D eigenvalue weighted by Gasteiger charge is -2.15. The molecule has 0 spiro atoms. The fourth-order valence-corrected chi connectivity index (χ4v) is 3.34. The first-order valence-corrected chi connectivity index (χ1v) is 12.8. The van der Waals surface area contributed by atoms with Gasteiger partial charge in [0.1, 0.15) is 0 Å². The molecule has 0 saturated heterocycles. The van der Waals surface area contributed by atoms with Crippen LogP contribution < -0.4 is 10.6 Å². The van der Waals surface area contributed by atoms with Crippen molar-refractivity contribution in [2.75, 3.05) is 0 Å². The van der Waals surface area contributed by atoms with E-state index in [-0.39, 0.29) is 0 Å². The molecule has 0 fully saturated rings. The maximum absolute atomic E-state index is 11.9. The zero-order valence-electron chi connectivity index (χ0n) is 20.5. The second-order valence-electron chi connectivity index (χ2n) is 8.53. The second-order valence-corrected chi connectivity index (χ2v) is 8.53. The van der Waals surface area contributed by atoms with Gasteiger partial charge in [0.15, 0.2) is 12.2 Å². The summed E-state index contributed by atoms with van der Waals surface area (Å²) in [5.74, 6) is -1.59. The van der Waals surface area contributed by atoms with Gasteiger partial charge in [0.2, 0.25) is 0 Å². The quantitative estimate of drug-likeness (QED) is 0.179.